The summed E-state index contributed by atoms with van der Waals surface area (Å²) in [5.41, 5.74) is 7.14. The molecule has 1 aliphatic heterocycles. The molecule has 0 aliphatic carbocycles. The van der Waals surface area contributed by atoms with E-state index in [0.29, 0.717) is 21.9 Å². The molecule has 1 aromatic rings. The van der Waals surface area contributed by atoms with Crippen LogP contribution >= 0.6 is 15.9 Å². The monoisotopic (exact) mass is 301 g/mol. The van der Waals surface area contributed by atoms with Crippen molar-refractivity contribution in [3.05, 3.63) is 22.4 Å². The first-order valence-electron chi connectivity index (χ1n) is 5.76. The highest BCUT2D eigenvalue weighted by molar-refractivity contribution is 9.10. The molecule has 3 N–H and O–H groups in total. The third-order valence-corrected chi connectivity index (χ3v) is 3.78. The van der Waals surface area contributed by atoms with Gasteiger partial charge in [0.05, 0.1) is 15.8 Å². The molecule has 1 fully saturated rings. The number of anilines is 2. The molecule has 1 aliphatic rings. The van der Waals surface area contributed by atoms with Gasteiger partial charge in [-0.15, -0.1) is 0 Å². The van der Waals surface area contributed by atoms with E-state index in [1.54, 1.807) is 6.07 Å². The molecule has 0 unspecified atom stereocenters. The van der Waals surface area contributed by atoms with Gasteiger partial charge < -0.3 is 16.0 Å². The van der Waals surface area contributed by atoms with Gasteiger partial charge in [0.1, 0.15) is 5.82 Å². The van der Waals surface area contributed by atoms with Crippen LogP contribution in [0, 0.1) is 5.82 Å². The highest BCUT2D eigenvalue weighted by atomic mass is 79.9. The van der Waals surface area contributed by atoms with Crippen LogP contribution in [0.4, 0.5) is 15.8 Å². The lowest BCUT2D eigenvalue weighted by Gasteiger charge is -2.30. The number of benzene rings is 1. The lowest BCUT2D eigenvalue weighted by Crippen LogP contribution is -2.36. The summed E-state index contributed by atoms with van der Waals surface area (Å²) in [6.45, 7) is 2.13. The molecule has 0 bridgehead atoms. The number of likely N-dealkylation sites (tertiary alicyclic amines) is 1. The van der Waals surface area contributed by atoms with Gasteiger partial charge in [0.15, 0.2) is 0 Å². The van der Waals surface area contributed by atoms with Gasteiger partial charge in [0.2, 0.25) is 0 Å². The molecule has 0 spiro atoms. The van der Waals surface area contributed by atoms with Crippen LogP contribution < -0.4 is 11.1 Å². The second-order valence-corrected chi connectivity index (χ2v) is 5.43. The van der Waals surface area contributed by atoms with Crippen molar-refractivity contribution in [2.45, 2.75) is 18.9 Å². The molecule has 0 amide bonds. The molecule has 2 rings (SSSR count). The Morgan fingerprint density at radius 2 is 2.06 bits per heavy atom. The van der Waals surface area contributed by atoms with Crippen LogP contribution in [0.5, 0.6) is 0 Å². The zero-order valence-corrected chi connectivity index (χ0v) is 11.4. The van der Waals surface area contributed by atoms with Gasteiger partial charge in [0, 0.05) is 12.1 Å². The number of nitrogens with two attached hydrogens (primary N) is 1. The van der Waals surface area contributed by atoms with Gasteiger partial charge >= 0.3 is 0 Å². The van der Waals surface area contributed by atoms with Gasteiger partial charge in [-0.25, -0.2) is 4.39 Å². The minimum atomic E-state index is -0.283. The number of rotatable bonds is 2. The normalized spacial score (nSPS) is 18.3. The Kier molecular flexibility index (Phi) is 3.89. The Morgan fingerprint density at radius 1 is 1.41 bits per heavy atom. The van der Waals surface area contributed by atoms with E-state index in [1.807, 2.05) is 0 Å². The number of piperidine rings is 1. The number of hydrogen-bond donors (Lipinski definition) is 2. The summed E-state index contributed by atoms with van der Waals surface area (Å²) in [4.78, 5) is 2.30. The Hall–Kier alpha value is -0.810. The average Bonchev–Trinajstić information content (AvgIpc) is 2.29. The van der Waals surface area contributed by atoms with E-state index in [-0.39, 0.29) is 5.82 Å². The quantitative estimate of drug-likeness (QED) is 0.825. The summed E-state index contributed by atoms with van der Waals surface area (Å²) in [6, 6.07) is 3.44. The van der Waals surface area contributed by atoms with Gasteiger partial charge in [-0.05, 0) is 55.0 Å². The molecule has 3 nitrogen and oxygen atoms in total. The van der Waals surface area contributed by atoms with Gasteiger partial charge in [-0.1, -0.05) is 0 Å². The third-order valence-electron chi connectivity index (χ3n) is 3.17. The standard InChI is InChI=1S/C12H17BrFN3/c1-17-4-2-8(3-5-17)16-12-7-10(14)9(13)6-11(12)15/h6-8,16H,2-5,15H2,1H3. The Balaban J connectivity index is 2.06. The minimum Gasteiger partial charge on any atom is -0.397 e. The Morgan fingerprint density at radius 3 is 2.71 bits per heavy atom. The van der Waals surface area contributed by atoms with E-state index in [4.69, 9.17) is 5.73 Å². The number of halogens is 2. The molecular weight excluding hydrogens is 285 g/mol. The third kappa shape index (κ3) is 3.10. The second kappa shape index (κ2) is 5.23. The lowest BCUT2D eigenvalue weighted by atomic mass is 10.0. The summed E-state index contributed by atoms with van der Waals surface area (Å²) < 4.78 is 13.8. The SMILES string of the molecule is CN1CCC(Nc2cc(F)c(Br)cc2N)CC1. The maximum atomic E-state index is 13.4. The van der Waals surface area contributed by atoms with Crippen LogP contribution in [0.25, 0.3) is 0 Å². The first kappa shape index (κ1) is 12.6. The van der Waals surface area contributed by atoms with Crippen LogP contribution in [0.15, 0.2) is 16.6 Å². The predicted octanol–water partition coefficient (Wildman–Crippen LogP) is 2.68. The van der Waals surface area contributed by atoms with Gasteiger partial charge in [-0.2, -0.15) is 0 Å². The smallest absolute Gasteiger partial charge is 0.139 e. The summed E-state index contributed by atoms with van der Waals surface area (Å²) >= 11 is 3.12. The van der Waals surface area contributed by atoms with E-state index in [0.717, 1.165) is 25.9 Å². The van der Waals surface area contributed by atoms with Crippen molar-refractivity contribution in [2.24, 2.45) is 0 Å². The average molecular weight is 302 g/mol. The lowest BCUT2D eigenvalue weighted by molar-refractivity contribution is 0.264. The van der Waals surface area contributed by atoms with Crippen molar-refractivity contribution < 1.29 is 4.39 Å². The van der Waals surface area contributed by atoms with E-state index in [2.05, 4.69) is 33.2 Å². The first-order valence-corrected chi connectivity index (χ1v) is 6.55. The van der Waals surface area contributed by atoms with Crippen LogP contribution in [-0.2, 0) is 0 Å². The molecule has 0 radical (unpaired) electrons. The van der Waals surface area contributed by atoms with E-state index >= 15 is 0 Å². The van der Waals surface area contributed by atoms with Gasteiger partial charge in [0.25, 0.3) is 0 Å². The van der Waals surface area contributed by atoms with Crippen molar-refractivity contribution in [3.8, 4) is 0 Å². The van der Waals surface area contributed by atoms with E-state index in [9.17, 15) is 4.39 Å². The van der Waals surface area contributed by atoms with E-state index in [1.165, 1.54) is 6.07 Å². The van der Waals surface area contributed by atoms with Crippen molar-refractivity contribution >= 4 is 27.3 Å². The Labute approximate surface area is 109 Å². The topological polar surface area (TPSA) is 41.3 Å². The second-order valence-electron chi connectivity index (χ2n) is 4.58. The Bertz CT molecular complexity index is 403. The number of nitrogen functional groups attached to an aromatic ring is 1. The molecule has 94 valence electrons. The maximum Gasteiger partial charge on any atom is 0.139 e. The highest BCUT2D eigenvalue weighted by Gasteiger charge is 2.17. The van der Waals surface area contributed by atoms with Crippen molar-refractivity contribution in [2.75, 3.05) is 31.2 Å². The fourth-order valence-electron chi connectivity index (χ4n) is 2.06. The van der Waals surface area contributed by atoms with Crippen LogP contribution in [0.2, 0.25) is 0 Å². The van der Waals surface area contributed by atoms with Crippen LogP contribution in [0.1, 0.15) is 12.8 Å². The zero-order valence-electron chi connectivity index (χ0n) is 9.84. The number of hydrogen-bond acceptors (Lipinski definition) is 3. The van der Waals surface area contributed by atoms with Crippen molar-refractivity contribution in [1.82, 2.24) is 4.90 Å². The molecule has 1 heterocycles. The fourth-order valence-corrected chi connectivity index (χ4v) is 2.42. The highest BCUT2D eigenvalue weighted by Crippen LogP contribution is 2.28. The fraction of sp³-hybridized carbons (Fsp3) is 0.500. The number of nitrogens with zero attached hydrogens (tertiary/aromatic N) is 1. The molecule has 1 aromatic carbocycles. The minimum absolute atomic E-state index is 0.283. The first-order chi connectivity index (χ1) is 8.06. The van der Waals surface area contributed by atoms with Gasteiger partial charge in [-0.3, -0.25) is 0 Å². The molecular formula is C12H17BrFN3. The number of nitrogens with one attached hydrogen (secondary N) is 1. The van der Waals surface area contributed by atoms with Crippen LogP contribution in [-0.4, -0.2) is 31.1 Å². The summed E-state index contributed by atoms with van der Waals surface area (Å²) in [6.07, 6.45) is 2.13. The zero-order chi connectivity index (χ0) is 12.4. The maximum absolute atomic E-state index is 13.4. The van der Waals surface area contributed by atoms with E-state index < -0.39 is 0 Å². The summed E-state index contributed by atoms with van der Waals surface area (Å²) in [5, 5.41) is 3.33. The largest absolute Gasteiger partial charge is 0.397 e. The molecule has 17 heavy (non-hydrogen) atoms. The summed E-state index contributed by atoms with van der Waals surface area (Å²) in [7, 11) is 2.11. The van der Waals surface area contributed by atoms with Crippen molar-refractivity contribution in [3.63, 3.8) is 0 Å². The summed E-state index contributed by atoms with van der Waals surface area (Å²) in [5.74, 6) is -0.283. The molecule has 0 aromatic heterocycles. The molecule has 0 atom stereocenters. The molecule has 0 saturated carbocycles. The van der Waals surface area contributed by atoms with Crippen LogP contribution in [0.3, 0.4) is 0 Å². The van der Waals surface area contributed by atoms with Crippen molar-refractivity contribution in [1.29, 1.82) is 0 Å². The molecule has 5 heteroatoms. The molecule has 1 saturated heterocycles. The predicted molar refractivity (Wildman–Crippen MR) is 72.7 cm³/mol.